The van der Waals surface area contributed by atoms with Gasteiger partial charge in [-0.2, -0.15) is 10.2 Å². The number of benzene rings is 2. The molecule has 0 fully saturated rings. The second-order valence-electron chi connectivity index (χ2n) is 4.58. The lowest BCUT2D eigenvalue weighted by molar-refractivity contribution is 1.27. The SMILES string of the molecule is Cl\C(=C/C=N\N=C/C=C(\Cl)c1cccc(Br)c1)c1cccc(Br)c1. The van der Waals surface area contributed by atoms with E-state index in [1.165, 1.54) is 12.4 Å². The molecule has 0 spiro atoms. The van der Waals surface area contributed by atoms with Crippen LogP contribution in [0.1, 0.15) is 11.1 Å². The molecule has 2 aromatic rings. The Balaban J connectivity index is 1.97. The fourth-order valence-corrected chi connectivity index (χ4v) is 2.89. The third kappa shape index (κ3) is 6.36. The van der Waals surface area contributed by atoms with Gasteiger partial charge in [0.05, 0.1) is 12.4 Å². The van der Waals surface area contributed by atoms with Crippen molar-refractivity contribution < 1.29 is 0 Å². The molecule has 2 aromatic carbocycles. The van der Waals surface area contributed by atoms with Crippen molar-refractivity contribution in [1.29, 1.82) is 0 Å². The van der Waals surface area contributed by atoms with Gasteiger partial charge in [0.25, 0.3) is 0 Å². The minimum atomic E-state index is 0.581. The molecule has 0 saturated heterocycles. The molecule has 0 aliphatic carbocycles. The van der Waals surface area contributed by atoms with Crippen LogP contribution in [0.4, 0.5) is 0 Å². The van der Waals surface area contributed by atoms with Crippen molar-refractivity contribution in [3.63, 3.8) is 0 Å². The molecule has 0 radical (unpaired) electrons. The van der Waals surface area contributed by atoms with Gasteiger partial charge in [0.1, 0.15) is 0 Å². The summed E-state index contributed by atoms with van der Waals surface area (Å²) in [5.41, 5.74) is 1.80. The topological polar surface area (TPSA) is 24.7 Å². The zero-order valence-electron chi connectivity index (χ0n) is 12.3. The van der Waals surface area contributed by atoms with Gasteiger partial charge in [-0.25, -0.2) is 0 Å². The summed E-state index contributed by atoms with van der Waals surface area (Å²) in [5.74, 6) is 0. The van der Waals surface area contributed by atoms with Gasteiger partial charge >= 0.3 is 0 Å². The minimum absolute atomic E-state index is 0.581. The fraction of sp³-hybridized carbons (Fsp3) is 0. The molecule has 0 heterocycles. The molecule has 122 valence electrons. The Kier molecular flexibility index (Phi) is 7.92. The summed E-state index contributed by atoms with van der Waals surface area (Å²) in [6.07, 6.45) is 6.42. The molecule has 0 aromatic heterocycles. The first-order valence-electron chi connectivity index (χ1n) is 6.86. The molecule has 0 aliphatic heterocycles. The lowest BCUT2D eigenvalue weighted by Gasteiger charge is -1.98. The van der Waals surface area contributed by atoms with Crippen molar-refractivity contribution >= 4 is 77.6 Å². The van der Waals surface area contributed by atoms with Gasteiger partial charge in [-0.15, -0.1) is 0 Å². The van der Waals surface area contributed by atoms with E-state index >= 15 is 0 Å². The van der Waals surface area contributed by atoms with E-state index in [9.17, 15) is 0 Å². The maximum Gasteiger partial charge on any atom is 0.0510 e. The van der Waals surface area contributed by atoms with Gasteiger partial charge in [-0.05, 0) is 47.5 Å². The quantitative estimate of drug-likeness (QED) is 0.317. The van der Waals surface area contributed by atoms with E-state index in [0.717, 1.165) is 20.1 Å². The van der Waals surface area contributed by atoms with Crippen LogP contribution in [-0.2, 0) is 0 Å². The van der Waals surface area contributed by atoms with E-state index in [0.29, 0.717) is 10.1 Å². The first-order valence-corrected chi connectivity index (χ1v) is 9.20. The van der Waals surface area contributed by atoms with Gasteiger partial charge in [-0.1, -0.05) is 79.3 Å². The van der Waals surface area contributed by atoms with Crippen LogP contribution in [0.25, 0.3) is 10.1 Å². The number of halogens is 4. The van der Waals surface area contributed by atoms with Crippen molar-refractivity contribution in [2.24, 2.45) is 10.2 Å². The van der Waals surface area contributed by atoms with Crippen molar-refractivity contribution in [3.05, 3.63) is 80.8 Å². The summed E-state index contributed by atoms with van der Waals surface area (Å²) in [5, 5.41) is 8.97. The second-order valence-corrected chi connectivity index (χ2v) is 7.22. The highest BCUT2D eigenvalue weighted by Crippen LogP contribution is 2.22. The van der Waals surface area contributed by atoms with Crippen LogP contribution in [0, 0.1) is 0 Å². The third-order valence-corrected chi connectivity index (χ3v) is 4.52. The van der Waals surface area contributed by atoms with Crippen LogP contribution < -0.4 is 0 Å². The van der Waals surface area contributed by atoms with Gasteiger partial charge in [0, 0.05) is 19.0 Å². The number of allylic oxidation sites excluding steroid dienone is 2. The summed E-state index contributed by atoms with van der Waals surface area (Å²) in [6, 6.07) is 15.4. The fourth-order valence-electron chi connectivity index (χ4n) is 1.74. The molecular weight excluding hydrogens is 475 g/mol. The van der Waals surface area contributed by atoms with Crippen molar-refractivity contribution in [1.82, 2.24) is 0 Å². The van der Waals surface area contributed by atoms with Crippen LogP contribution in [0.2, 0.25) is 0 Å². The Morgan fingerprint density at radius 3 is 1.54 bits per heavy atom. The van der Waals surface area contributed by atoms with Crippen molar-refractivity contribution in [3.8, 4) is 0 Å². The van der Waals surface area contributed by atoms with E-state index in [2.05, 4.69) is 42.1 Å². The third-order valence-electron chi connectivity index (χ3n) is 2.84. The summed E-state index contributed by atoms with van der Waals surface area (Å²) in [7, 11) is 0. The Hall–Kier alpha value is -1.20. The summed E-state index contributed by atoms with van der Waals surface area (Å²) in [4.78, 5) is 0. The molecule has 0 atom stereocenters. The highest BCUT2D eigenvalue weighted by atomic mass is 79.9. The first-order chi connectivity index (χ1) is 11.6. The molecule has 0 aliphatic rings. The Labute approximate surface area is 167 Å². The Morgan fingerprint density at radius 1 is 0.750 bits per heavy atom. The largest absolute Gasteiger partial charge is 0.159 e. The molecule has 24 heavy (non-hydrogen) atoms. The van der Waals surface area contributed by atoms with Gasteiger partial charge in [0.2, 0.25) is 0 Å². The van der Waals surface area contributed by atoms with Crippen LogP contribution >= 0.6 is 55.1 Å². The maximum atomic E-state index is 6.20. The minimum Gasteiger partial charge on any atom is -0.159 e. The molecular formula is C18H12Br2Cl2N2. The monoisotopic (exact) mass is 484 g/mol. The zero-order chi connectivity index (χ0) is 17.4. The normalized spacial score (nSPS) is 13.2. The smallest absolute Gasteiger partial charge is 0.0510 e. The van der Waals surface area contributed by atoms with Crippen LogP contribution in [0.15, 0.2) is 79.8 Å². The number of hydrogen-bond acceptors (Lipinski definition) is 2. The predicted molar refractivity (Wildman–Crippen MR) is 113 cm³/mol. The summed E-state index contributed by atoms with van der Waals surface area (Å²) in [6.45, 7) is 0. The Morgan fingerprint density at radius 2 is 1.17 bits per heavy atom. The maximum absolute atomic E-state index is 6.20. The average Bonchev–Trinajstić information content (AvgIpc) is 2.57. The van der Waals surface area contributed by atoms with Crippen LogP contribution in [-0.4, -0.2) is 12.4 Å². The van der Waals surface area contributed by atoms with Crippen LogP contribution in [0.3, 0.4) is 0 Å². The molecule has 6 heteroatoms. The second kappa shape index (κ2) is 9.94. The number of rotatable bonds is 5. The predicted octanol–water partition coefficient (Wildman–Crippen LogP) is 7.13. The molecule has 0 unspecified atom stereocenters. The zero-order valence-corrected chi connectivity index (χ0v) is 17.0. The highest BCUT2D eigenvalue weighted by molar-refractivity contribution is 9.10. The summed E-state index contributed by atoms with van der Waals surface area (Å²) >= 11 is 19.2. The van der Waals surface area contributed by atoms with Crippen LogP contribution in [0.5, 0.6) is 0 Å². The lowest BCUT2D eigenvalue weighted by atomic mass is 10.2. The number of hydrogen-bond donors (Lipinski definition) is 0. The average molecular weight is 487 g/mol. The van der Waals surface area contributed by atoms with E-state index in [-0.39, 0.29) is 0 Å². The van der Waals surface area contributed by atoms with Gasteiger partial charge in [-0.3, -0.25) is 0 Å². The highest BCUT2D eigenvalue weighted by Gasteiger charge is 1.97. The van der Waals surface area contributed by atoms with E-state index < -0.39 is 0 Å². The van der Waals surface area contributed by atoms with E-state index in [1.54, 1.807) is 12.2 Å². The standard InChI is InChI=1S/C18H12Br2Cl2N2/c19-15-5-1-3-13(11-15)17(21)7-9-23-24-10-8-18(22)14-4-2-6-16(20)12-14/h1-12H/b17-7-,18-8-,23-9-,24-10-. The molecule has 0 amide bonds. The van der Waals surface area contributed by atoms with Crippen molar-refractivity contribution in [2.75, 3.05) is 0 Å². The van der Waals surface area contributed by atoms with Crippen molar-refractivity contribution in [2.45, 2.75) is 0 Å². The molecule has 2 rings (SSSR count). The van der Waals surface area contributed by atoms with Gasteiger partial charge in [0.15, 0.2) is 0 Å². The molecule has 0 N–H and O–H groups in total. The first kappa shape index (κ1) is 19.1. The lowest BCUT2D eigenvalue weighted by Crippen LogP contribution is -1.78. The van der Waals surface area contributed by atoms with E-state index in [4.69, 9.17) is 23.2 Å². The van der Waals surface area contributed by atoms with Gasteiger partial charge < -0.3 is 0 Å². The number of nitrogens with zero attached hydrogens (tertiary/aromatic N) is 2. The summed E-state index contributed by atoms with van der Waals surface area (Å²) < 4.78 is 1.93. The Bertz CT molecular complexity index is 758. The molecule has 0 bridgehead atoms. The molecule has 2 nitrogen and oxygen atoms in total. The molecule has 0 saturated carbocycles. The van der Waals surface area contributed by atoms with E-state index in [1.807, 2.05) is 48.5 Å².